The molecule has 4 atom stereocenters. The van der Waals surface area contributed by atoms with Gasteiger partial charge in [-0.2, -0.15) is 0 Å². The average molecular weight is 268 g/mol. The van der Waals surface area contributed by atoms with Gasteiger partial charge in [0.05, 0.1) is 11.7 Å². The largest absolute Gasteiger partial charge is 0.448 e. The first-order chi connectivity index (χ1) is 8.97. The first-order valence-corrected chi connectivity index (χ1v) is 5.73. The lowest BCUT2D eigenvalue weighted by molar-refractivity contribution is -0.133. The number of hydrogen-bond donors (Lipinski definition) is 3. The van der Waals surface area contributed by atoms with E-state index < -0.39 is 30.4 Å². The Morgan fingerprint density at radius 1 is 1.16 bits per heavy atom. The lowest BCUT2D eigenvalue weighted by Crippen LogP contribution is -2.46. The molecule has 6 nitrogen and oxygen atoms in total. The van der Waals surface area contributed by atoms with Crippen LogP contribution >= 0.6 is 0 Å². The molecule has 0 aromatic heterocycles. The summed E-state index contributed by atoms with van der Waals surface area (Å²) in [5, 5.41) is 28.2. The Morgan fingerprint density at radius 3 is 2.21 bits per heavy atom. The molecule has 0 aliphatic carbocycles. The predicted molar refractivity (Wildman–Crippen MR) is 65.4 cm³/mol. The molecule has 0 saturated carbocycles. The van der Waals surface area contributed by atoms with Gasteiger partial charge in [0.15, 0.2) is 12.4 Å². The molecule has 1 rings (SSSR count). The molecule has 19 heavy (non-hydrogen) atoms. The molecular formula is C13H16O6. The Kier molecular flexibility index (Phi) is 5.62. The zero-order valence-electron chi connectivity index (χ0n) is 10.3. The summed E-state index contributed by atoms with van der Waals surface area (Å²) in [7, 11) is 0. The molecule has 1 aromatic rings. The van der Waals surface area contributed by atoms with Gasteiger partial charge in [0.1, 0.15) is 12.2 Å². The van der Waals surface area contributed by atoms with Crippen LogP contribution in [-0.4, -0.2) is 52.0 Å². The molecule has 0 spiro atoms. The predicted octanol–water partition coefficient (Wildman–Crippen LogP) is -0.487. The second kappa shape index (κ2) is 6.98. The maximum Gasteiger partial charge on any atom is 0.338 e. The van der Waals surface area contributed by atoms with Gasteiger partial charge in [0.25, 0.3) is 0 Å². The van der Waals surface area contributed by atoms with E-state index >= 15 is 0 Å². The molecule has 4 unspecified atom stereocenters. The lowest BCUT2D eigenvalue weighted by Gasteiger charge is -2.24. The van der Waals surface area contributed by atoms with Gasteiger partial charge < -0.3 is 20.1 Å². The maximum absolute atomic E-state index is 11.7. The fraction of sp³-hybridized carbons (Fsp3) is 0.385. The number of aliphatic hydroxyl groups is 3. The number of carbonyl (C=O) groups is 2. The van der Waals surface area contributed by atoms with Crippen LogP contribution in [-0.2, 0) is 9.53 Å². The van der Waals surface area contributed by atoms with Gasteiger partial charge in [-0.15, -0.1) is 0 Å². The molecule has 3 N–H and O–H groups in total. The molecule has 104 valence electrons. The number of hydrogen-bond acceptors (Lipinski definition) is 6. The molecule has 0 aliphatic heterocycles. The van der Waals surface area contributed by atoms with E-state index in [2.05, 4.69) is 0 Å². The number of benzene rings is 1. The molecule has 0 aliphatic rings. The summed E-state index contributed by atoms with van der Waals surface area (Å²) in [6.07, 6.45) is -5.87. The Hall–Kier alpha value is -1.76. The Bertz CT molecular complexity index is 416. The van der Waals surface area contributed by atoms with Gasteiger partial charge in [-0.3, -0.25) is 4.79 Å². The van der Waals surface area contributed by atoms with Gasteiger partial charge in [0.2, 0.25) is 0 Å². The molecule has 0 amide bonds. The normalized spacial score (nSPS) is 17.1. The van der Waals surface area contributed by atoms with Crippen LogP contribution in [0.25, 0.3) is 0 Å². The highest BCUT2D eigenvalue weighted by atomic mass is 16.6. The minimum atomic E-state index is -1.69. The van der Waals surface area contributed by atoms with Crippen molar-refractivity contribution in [3.8, 4) is 0 Å². The third-order valence-electron chi connectivity index (χ3n) is 2.57. The first-order valence-electron chi connectivity index (χ1n) is 5.73. The molecule has 0 fully saturated rings. The van der Waals surface area contributed by atoms with Crippen molar-refractivity contribution in [3.05, 3.63) is 35.9 Å². The van der Waals surface area contributed by atoms with Crippen molar-refractivity contribution in [1.29, 1.82) is 0 Å². The number of aliphatic hydroxyl groups excluding tert-OH is 3. The average Bonchev–Trinajstić information content (AvgIpc) is 2.43. The molecule has 1 aromatic carbocycles. The fourth-order valence-corrected chi connectivity index (χ4v) is 1.42. The van der Waals surface area contributed by atoms with Crippen LogP contribution in [0, 0.1) is 0 Å². The smallest absolute Gasteiger partial charge is 0.338 e. The van der Waals surface area contributed by atoms with Crippen LogP contribution in [0.3, 0.4) is 0 Å². The molecule has 0 saturated heterocycles. The summed E-state index contributed by atoms with van der Waals surface area (Å²) in [6.45, 7) is 1.24. The van der Waals surface area contributed by atoms with Crippen LogP contribution < -0.4 is 0 Å². The highest BCUT2D eigenvalue weighted by Crippen LogP contribution is 2.10. The van der Waals surface area contributed by atoms with E-state index in [0.717, 1.165) is 0 Å². The van der Waals surface area contributed by atoms with E-state index in [4.69, 9.17) is 9.84 Å². The highest BCUT2D eigenvalue weighted by Gasteiger charge is 2.32. The number of esters is 1. The molecule has 6 heteroatoms. The number of aldehydes is 1. The van der Waals surface area contributed by atoms with Crippen molar-refractivity contribution in [1.82, 2.24) is 0 Å². The Labute approximate surface area is 110 Å². The number of carbonyl (C=O) groups excluding carboxylic acids is 2. The van der Waals surface area contributed by atoms with Crippen LogP contribution in [0.1, 0.15) is 17.3 Å². The van der Waals surface area contributed by atoms with E-state index in [1.165, 1.54) is 19.1 Å². The second-order valence-electron chi connectivity index (χ2n) is 4.09. The van der Waals surface area contributed by atoms with Crippen LogP contribution in [0.5, 0.6) is 0 Å². The zero-order valence-corrected chi connectivity index (χ0v) is 10.3. The molecule has 0 bridgehead atoms. The summed E-state index contributed by atoms with van der Waals surface area (Å²) in [5.74, 6) is -0.797. The molecule has 0 radical (unpaired) electrons. The van der Waals surface area contributed by atoms with E-state index in [9.17, 15) is 19.8 Å². The van der Waals surface area contributed by atoms with Crippen LogP contribution in [0.4, 0.5) is 0 Å². The summed E-state index contributed by atoms with van der Waals surface area (Å²) in [4.78, 5) is 22.5. The monoisotopic (exact) mass is 268 g/mol. The van der Waals surface area contributed by atoms with Crippen molar-refractivity contribution in [2.45, 2.75) is 31.3 Å². The van der Waals surface area contributed by atoms with Gasteiger partial charge in [-0.05, 0) is 19.1 Å². The molecule has 0 heterocycles. The minimum Gasteiger partial charge on any atom is -0.448 e. The maximum atomic E-state index is 11.7. The number of ether oxygens (including phenoxy) is 1. The van der Waals surface area contributed by atoms with Gasteiger partial charge in [0, 0.05) is 0 Å². The van der Waals surface area contributed by atoms with Gasteiger partial charge in [-0.1, -0.05) is 18.2 Å². The highest BCUT2D eigenvalue weighted by molar-refractivity contribution is 5.90. The zero-order chi connectivity index (χ0) is 14.4. The van der Waals surface area contributed by atoms with Crippen molar-refractivity contribution in [3.63, 3.8) is 0 Å². The third kappa shape index (κ3) is 4.13. The second-order valence-corrected chi connectivity index (χ2v) is 4.09. The molecular weight excluding hydrogens is 252 g/mol. The van der Waals surface area contributed by atoms with Gasteiger partial charge in [-0.25, -0.2) is 4.79 Å². The Morgan fingerprint density at radius 2 is 1.74 bits per heavy atom. The lowest BCUT2D eigenvalue weighted by atomic mass is 10.0. The van der Waals surface area contributed by atoms with E-state index in [-0.39, 0.29) is 11.8 Å². The topological polar surface area (TPSA) is 104 Å². The van der Waals surface area contributed by atoms with Crippen LogP contribution in [0.15, 0.2) is 30.3 Å². The van der Waals surface area contributed by atoms with E-state index in [1.54, 1.807) is 18.2 Å². The quantitative estimate of drug-likeness (QED) is 0.475. The van der Waals surface area contributed by atoms with Crippen molar-refractivity contribution >= 4 is 12.3 Å². The van der Waals surface area contributed by atoms with E-state index in [1.807, 2.05) is 0 Å². The third-order valence-corrected chi connectivity index (χ3v) is 2.57. The standard InChI is InChI=1S/C13H16O6/c1-8(15)11(16)12(17)10(7-14)19-13(18)9-5-3-2-4-6-9/h2-8,10-12,15-17H,1H3. The van der Waals surface area contributed by atoms with Crippen LogP contribution in [0.2, 0.25) is 0 Å². The van der Waals surface area contributed by atoms with Crippen molar-refractivity contribution in [2.24, 2.45) is 0 Å². The summed E-state index contributed by atoms with van der Waals surface area (Å²) in [5.41, 5.74) is 0.216. The number of rotatable bonds is 6. The SMILES string of the molecule is CC(O)C(O)C(O)C(C=O)OC(=O)c1ccccc1. The summed E-state index contributed by atoms with van der Waals surface area (Å²) in [6, 6.07) is 7.92. The van der Waals surface area contributed by atoms with Gasteiger partial charge >= 0.3 is 5.97 Å². The van der Waals surface area contributed by atoms with Crippen molar-refractivity contribution in [2.75, 3.05) is 0 Å². The fourth-order valence-electron chi connectivity index (χ4n) is 1.42. The van der Waals surface area contributed by atoms with Crippen molar-refractivity contribution < 1.29 is 29.6 Å². The summed E-state index contributed by atoms with van der Waals surface area (Å²) >= 11 is 0. The first kappa shape index (κ1) is 15.3. The summed E-state index contributed by atoms with van der Waals surface area (Å²) < 4.78 is 4.79. The van der Waals surface area contributed by atoms with E-state index in [0.29, 0.717) is 0 Å². The Balaban J connectivity index is 2.72. The minimum absolute atomic E-state index is 0.205.